The molecule has 6 rings (SSSR count). The van der Waals surface area contributed by atoms with Crippen molar-refractivity contribution >= 4 is 18.2 Å². The maximum absolute atomic E-state index is 6.40. The van der Waals surface area contributed by atoms with E-state index in [-0.39, 0.29) is 11.2 Å². The highest BCUT2D eigenvalue weighted by molar-refractivity contribution is 6.62. The van der Waals surface area contributed by atoms with Crippen molar-refractivity contribution in [1.82, 2.24) is 0 Å². The van der Waals surface area contributed by atoms with Crippen LogP contribution in [0.5, 0.6) is 0 Å². The van der Waals surface area contributed by atoms with Crippen molar-refractivity contribution in [2.45, 2.75) is 57.7 Å². The van der Waals surface area contributed by atoms with Crippen LogP contribution in [0.2, 0.25) is 0 Å². The molecule has 0 radical (unpaired) electrons. The van der Waals surface area contributed by atoms with E-state index in [0.29, 0.717) is 0 Å². The van der Waals surface area contributed by atoms with E-state index < -0.39 is 12.5 Å². The first-order valence-corrected chi connectivity index (χ1v) is 14.9. The summed E-state index contributed by atoms with van der Waals surface area (Å²) in [4.78, 5) is 0. The number of fused-ring (bicyclic) bond motifs is 3. The van der Waals surface area contributed by atoms with E-state index in [4.69, 9.17) is 9.31 Å². The minimum absolute atomic E-state index is 0.386. The lowest BCUT2D eigenvalue weighted by molar-refractivity contribution is 0.00578. The highest BCUT2D eigenvalue weighted by atomic mass is 16.7. The molecule has 4 aromatic rings. The minimum atomic E-state index is -0.443. The molecule has 1 saturated heterocycles. The van der Waals surface area contributed by atoms with E-state index in [1.807, 2.05) is 0 Å². The molecule has 1 heterocycles. The quantitative estimate of drug-likeness (QED) is 0.237. The first kappa shape index (κ1) is 28.2. The highest BCUT2D eigenvalue weighted by Gasteiger charge is 2.51. The van der Waals surface area contributed by atoms with Crippen LogP contribution < -0.4 is 5.46 Å². The van der Waals surface area contributed by atoms with Gasteiger partial charge in [0.2, 0.25) is 0 Å². The molecule has 0 saturated carbocycles. The molecule has 1 aliphatic carbocycles. The van der Waals surface area contributed by atoms with Crippen LogP contribution in [-0.4, -0.2) is 18.3 Å². The Bertz CT molecular complexity index is 1660. The molecule has 2 nitrogen and oxygen atoms in total. The van der Waals surface area contributed by atoms with Crippen LogP contribution in [0.1, 0.15) is 61.9 Å². The van der Waals surface area contributed by atoms with Gasteiger partial charge in [0.1, 0.15) is 0 Å². The van der Waals surface area contributed by atoms with E-state index >= 15 is 0 Å². The van der Waals surface area contributed by atoms with Crippen LogP contribution >= 0.6 is 0 Å². The van der Waals surface area contributed by atoms with Gasteiger partial charge < -0.3 is 9.31 Å². The predicted octanol–water partition coefficient (Wildman–Crippen LogP) is 8.82. The van der Waals surface area contributed by atoms with Crippen molar-refractivity contribution in [2.24, 2.45) is 0 Å². The van der Waals surface area contributed by atoms with Crippen molar-refractivity contribution in [3.63, 3.8) is 0 Å². The lowest BCUT2D eigenvalue weighted by Gasteiger charge is -2.37. The molecule has 4 aromatic carbocycles. The van der Waals surface area contributed by atoms with Crippen molar-refractivity contribution in [3.8, 4) is 11.1 Å². The maximum atomic E-state index is 6.40. The SMILES string of the molecule is C=C1/C=C\C=C/CC(c2ccc(C)cc2)(c2ccc(B3OC(C)(C)C(C)(C)O3)cc2)c2ccccc2-c2ccccc21. The summed E-state index contributed by atoms with van der Waals surface area (Å²) in [6, 6.07) is 35.4. The molecule has 1 atom stereocenters. The minimum Gasteiger partial charge on any atom is -0.399 e. The Balaban J connectivity index is 1.59. The molecule has 1 fully saturated rings. The Morgan fingerprint density at radius 2 is 1.19 bits per heavy atom. The van der Waals surface area contributed by atoms with E-state index in [1.54, 1.807) is 0 Å². The van der Waals surface area contributed by atoms with Gasteiger partial charge in [-0.1, -0.05) is 134 Å². The summed E-state index contributed by atoms with van der Waals surface area (Å²) >= 11 is 0. The van der Waals surface area contributed by atoms with Crippen LogP contribution in [0.4, 0.5) is 0 Å². The van der Waals surface area contributed by atoms with Crippen LogP contribution in [0.3, 0.4) is 0 Å². The zero-order valence-corrected chi connectivity index (χ0v) is 25.4. The lowest BCUT2D eigenvalue weighted by atomic mass is 9.64. The van der Waals surface area contributed by atoms with Crippen LogP contribution in [0.15, 0.2) is 128 Å². The molecule has 0 aromatic heterocycles. The molecule has 0 bridgehead atoms. The highest BCUT2D eigenvalue weighted by Crippen LogP contribution is 2.47. The molecule has 0 N–H and O–H groups in total. The number of benzene rings is 4. The molecule has 2 aliphatic rings. The zero-order chi connectivity index (χ0) is 29.5. The molecule has 0 spiro atoms. The molecule has 3 heteroatoms. The van der Waals surface area contributed by atoms with Gasteiger partial charge >= 0.3 is 7.12 Å². The smallest absolute Gasteiger partial charge is 0.399 e. The number of hydrogen-bond acceptors (Lipinski definition) is 2. The van der Waals surface area contributed by atoms with E-state index in [9.17, 15) is 0 Å². The van der Waals surface area contributed by atoms with Crippen molar-refractivity contribution in [1.29, 1.82) is 0 Å². The fourth-order valence-corrected chi connectivity index (χ4v) is 6.24. The summed E-state index contributed by atoms with van der Waals surface area (Å²) in [6.45, 7) is 15.0. The third kappa shape index (κ3) is 4.81. The summed E-state index contributed by atoms with van der Waals surface area (Å²) in [6.07, 6.45) is 9.45. The summed E-state index contributed by atoms with van der Waals surface area (Å²) in [5.74, 6) is 0. The molecule has 0 amide bonds. The van der Waals surface area contributed by atoms with E-state index in [0.717, 1.165) is 23.0 Å². The third-order valence-electron chi connectivity index (χ3n) is 9.39. The normalized spacial score (nSPS) is 22.5. The van der Waals surface area contributed by atoms with Crippen LogP contribution in [-0.2, 0) is 14.7 Å². The van der Waals surface area contributed by atoms with Gasteiger partial charge in [-0.15, -0.1) is 0 Å². The Kier molecular flexibility index (Phi) is 7.21. The summed E-state index contributed by atoms with van der Waals surface area (Å²) in [5.41, 5.74) is 9.36. The third-order valence-corrected chi connectivity index (χ3v) is 9.39. The first-order chi connectivity index (χ1) is 20.1. The van der Waals surface area contributed by atoms with Gasteiger partial charge in [-0.2, -0.15) is 0 Å². The number of aryl methyl sites for hydroxylation is 1. The summed E-state index contributed by atoms with van der Waals surface area (Å²) < 4.78 is 12.8. The van der Waals surface area contributed by atoms with Crippen LogP contribution in [0.25, 0.3) is 16.7 Å². The molecule has 210 valence electrons. The Labute approximate surface area is 251 Å². The van der Waals surface area contributed by atoms with Crippen molar-refractivity contribution < 1.29 is 9.31 Å². The monoisotopic (exact) mass is 550 g/mol. The van der Waals surface area contributed by atoms with Gasteiger partial charge in [-0.3, -0.25) is 0 Å². The first-order valence-electron chi connectivity index (χ1n) is 14.9. The van der Waals surface area contributed by atoms with Crippen molar-refractivity contribution in [2.75, 3.05) is 0 Å². The molecular weight excluding hydrogens is 511 g/mol. The Morgan fingerprint density at radius 3 is 1.83 bits per heavy atom. The number of rotatable bonds is 3. The Hall–Kier alpha value is -3.92. The van der Waals surface area contributed by atoms with E-state index in [2.05, 4.69) is 163 Å². The fourth-order valence-electron chi connectivity index (χ4n) is 6.24. The zero-order valence-electron chi connectivity index (χ0n) is 25.4. The summed E-state index contributed by atoms with van der Waals surface area (Å²) in [5, 5.41) is 0. The van der Waals surface area contributed by atoms with Crippen LogP contribution in [0, 0.1) is 6.92 Å². The lowest BCUT2D eigenvalue weighted by Crippen LogP contribution is -2.41. The Morgan fingerprint density at radius 1 is 0.643 bits per heavy atom. The largest absolute Gasteiger partial charge is 0.494 e. The second-order valence-electron chi connectivity index (χ2n) is 12.6. The summed E-state index contributed by atoms with van der Waals surface area (Å²) in [7, 11) is -0.401. The van der Waals surface area contributed by atoms with Gasteiger partial charge in [0, 0.05) is 5.41 Å². The van der Waals surface area contributed by atoms with Gasteiger partial charge in [0.05, 0.1) is 11.2 Å². The number of hydrogen-bond donors (Lipinski definition) is 0. The average molecular weight is 551 g/mol. The topological polar surface area (TPSA) is 18.5 Å². The second kappa shape index (κ2) is 10.7. The molecule has 42 heavy (non-hydrogen) atoms. The van der Waals surface area contributed by atoms with Crippen molar-refractivity contribution in [3.05, 3.63) is 156 Å². The second-order valence-corrected chi connectivity index (χ2v) is 12.6. The number of allylic oxidation sites excluding steroid dienone is 5. The van der Waals surface area contributed by atoms with Gasteiger partial charge in [0.25, 0.3) is 0 Å². The van der Waals surface area contributed by atoms with Gasteiger partial charge in [-0.25, -0.2) is 0 Å². The fraction of sp³-hybridized carbons (Fsp3) is 0.231. The molecule has 1 aliphatic heterocycles. The molecular formula is C39H39BO2. The van der Waals surface area contributed by atoms with Gasteiger partial charge in [-0.05, 0) is 85.5 Å². The standard InChI is InChI=1S/C39H39BO2/c1-28-19-21-30(22-20-28)39(31-23-25-32(26-24-31)40-41-37(3,4)38(5,6)42-40)27-13-7-8-14-29(2)33-15-9-10-16-34(33)35-17-11-12-18-36(35)39/h7-26H,2,27H2,1,3-6H3/b13-7-,14-8-. The maximum Gasteiger partial charge on any atom is 0.494 e. The van der Waals surface area contributed by atoms with Gasteiger partial charge in [0.15, 0.2) is 0 Å². The average Bonchev–Trinajstić information content (AvgIpc) is 3.20. The molecule has 1 unspecified atom stereocenters. The van der Waals surface area contributed by atoms with E-state index in [1.165, 1.54) is 33.4 Å². The predicted molar refractivity (Wildman–Crippen MR) is 177 cm³/mol.